The maximum atomic E-state index is 11.1. The molecule has 16 heavy (non-hydrogen) atoms. The summed E-state index contributed by atoms with van der Waals surface area (Å²) in [6.07, 6.45) is 1.71. The fraction of sp³-hybridized carbons (Fsp3) is 0.778. The van der Waals surface area contributed by atoms with Crippen molar-refractivity contribution >= 4 is 27.5 Å². The van der Waals surface area contributed by atoms with E-state index in [4.69, 9.17) is 4.74 Å². The van der Waals surface area contributed by atoms with Gasteiger partial charge < -0.3 is 9.64 Å². The second-order valence-electron chi connectivity index (χ2n) is 3.63. The quantitative estimate of drug-likeness (QED) is 0.763. The van der Waals surface area contributed by atoms with Gasteiger partial charge in [0.05, 0.1) is 0 Å². The Bertz CT molecular complexity index is 356. The summed E-state index contributed by atoms with van der Waals surface area (Å²) in [6, 6.07) is 0.189. The van der Waals surface area contributed by atoms with E-state index in [1.54, 1.807) is 13.4 Å². The van der Waals surface area contributed by atoms with E-state index < -0.39 is 10.8 Å². The average molecular weight is 263 g/mol. The standard InChI is InChI=1S/C9H17N3O2S2/c1-7(6-16(4)13)12(2)9-10-8(5-14-3)11-15-9/h7H,5-6H2,1-4H3/t7-,16+/m1/s1. The highest BCUT2D eigenvalue weighted by Gasteiger charge is 2.15. The Morgan fingerprint density at radius 1 is 1.62 bits per heavy atom. The van der Waals surface area contributed by atoms with Crippen LogP contribution >= 0.6 is 11.5 Å². The van der Waals surface area contributed by atoms with Gasteiger partial charge >= 0.3 is 0 Å². The number of methoxy groups -OCH3 is 1. The van der Waals surface area contributed by atoms with E-state index in [1.165, 1.54) is 11.5 Å². The van der Waals surface area contributed by atoms with Crippen molar-refractivity contribution < 1.29 is 8.95 Å². The molecule has 0 saturated heterocycles. The van der Waals surface area contributed by atoms with Crippen LogP contribution in [0.5, 0.6) is 0 Å². The van der Waals surface area contributed by atoms with Crippen molar-refractivity contribution in [1.82, 2.24) is 9.36 Å². The molecule has 0 bridgehead atoms. The molecule has 2 atom stereocenters. The van der Waals surface area contributed by atoms with Crippen LogP contribution in [0.15, 0.2) is 0 Å². The Morgan fingerprint density at radius 2 is 2.31 bits per heavy atom. The van der Waals surface area contributed by atoms with Crippen LogP contribution in [0.25, 0.3) is 0 Å². The number of hydrogen-bond donors (Lipinski definition) is 0. The summed E-state index contributed by atoms with van der Waals surface area (Å²) in [7, 11) is 2.76. The summed E-state index contributed by atoms with van der Waals surface area (Å²) in [5.41, 5.74) is 0. The fourth-order valence-electron chi connectivity index (χ4n) is 1.22. The molecule has 7 heteroatoms. The average Bonchev–Trinajstić information content (AvgIpc) is 2.64. The van der Waals surface area contributed by atoms with E-state index in [0.29, 0.717) is 18.2 Å². The van der Waals surface area contributed by atoms with Crippen molar-refractivity contribution in [3.05, 3.63) is 5.82 Å². The van der Waals surface area contributed by atoms with Gasteiger partial charge in [-0.05, 0) is 6.92 Å². The van der Waals surface area contributed by atoms with Gasteiger partial charge in [-0.2, -0.15) is 4.37 Å². The summed E-state index contributed by atoms with van der Waals surface area (Å²) in [6.45, 7) is 2.46. The summed E-state index contributed by atoms with van der Waals surface area (Å²) in [5, 5.41) is 0.838. The summed E-state index contributed by atoms with van der Waals surface area (Å²) < 4.78 is 20.3. The lowest BCUT2D eigenvalue weighted by Crippen LogP contribution is -2.33. The molecule has 1 rings (SSSR count). The highest BCUT2D eigenvalue weighted by atomic mass is 32.2. The zero-order valence-electron chi connectivity index (χ0n) is 9.97. The Labute approximate surface area is 102 Å². The molecule has 0 aliphatic rings. The molecule has 0 aliphatic carbocycles. The highest BCUT2D eigenvalue weighted by Crippen LogP contribution is 2.18. The minimum atomic E-state index is -0.797. The van der Waals surface area contributed by atoms with Gasteiger partial charge in [-0.15, -0.1) is 0 Å². The lowest BCUT2D eigenvalue weighted by Gasteiger charge is -2.22. The second kappa shape index (κ2) is 6.27. The van der Waals surface area contributed by atoms with Gasteiger partial charge in [0.2, 0.25) is 5.13 Å². The number of ether oxygens (including phenoxy) is 1. The topological polar surface area (TPSA) is 55.3 Å². The maximum Gasteiger partial charge on any atom is 0.205 e. The minimum Gasteiger partial charge on any atom is -0.377 e. The van der Waals surface area contributed by atoms with Gasteiger partial charge in [0.1, 0.15) is 6.61 Å². The molecule has 0 fully saturated rings. The molecule has 0 N–H and O–H groups in total. The molecule has 1 aromatic heterocycles. The van der Waals surface area contributed by atoms with Gasteiger partial charge in [-0.25, -0.2) is 4.98 Å². The predicted octanol–water partition coefficient (Wildman–Crippen LogP) is 0.888. The summed E-state index contributed by atoms with van der Waals surface area (Å²) >= 11 is 1.34. The first-order valence-electron chi connectivity index (χ1n) is 4.89. The third-order valence-corrected chi connectivity index (χ3v) is 3.97. The van der Waals surface area contributed by atoms with Gasteiger partial charge in [0.15, 0.2) is 5.82 Å². The second-order valence-corrected chi connectivity index (χ2v) is 5.84. The van der Waals surface area contributed by atoms with E-state index in [2.05, 4.69) is 9.36 Å². The lowest BCUT2D eigenvalue weighted by atomic mass is 10.4. The smallest absolute Gasteiger partial charge is 0.205 e. The third kappa shape index (κ3) is 3.80. The minimum absolute atomic E-state index is 0.189. The number of hydrogen-bond acceptors (Lipinski definition) is 6. The van der Waals surface area contributed by atoms with Crippen LogP contribution < -0.4 is 4.90 Å². The molecule has 0 aliphatic heterocycles. The van der Waals surface area contributed by atoms with Crippen LogP contribution in [0.3, 0.4) is 0 Å². The Balaban J connectivity index is 2.64. The molecule has 0 amide bonds. The number of aromatic nitrogens is 2. The van der Waals surface area contributed by atoms with Crippen molar-refractivity contribution in [1.29, 1.82) is 0 Å². The first kappa shape index (κ1) is 13.5. The van der Waals surface area contributed by atoms with Gasteiger partial charge in [-0.1, -0.05) is 0 Å². The molecule has 0 saturated carbocycles. The van der Waals surface area contributed by atoms with Gasteiger partial charge in [0.25, 0.3) is 0 Å². The van der Waals surface area contributed by atoms with E-state index in [0.717, 1.165) is 5.13 Å². The predicted molar refractivity (Wildman–Crippen MR) is 67.4 cm³/mol. The summed E-state index contributed by atoms with van der Waals surface area (Å²) in [5.74, 6) is 1.33. The first-order valence-corrected chi connectivity index (χ1v) is 7.39. The molecule has 0 radical (unpaired) electrons. The van der Waals surface area contributed by atoms with Crippen LogP contribution in [0.1, 0.15) is 12.7 Å². The molecule has 92 valence electrons. The Hall–Kier alpha value is -0.530. The molecular formula is C9H17N3O2S2. The molecule has 0 aromatic carbocycles. The van der Waals surface area contributed by atoms with Crippen LogP contribution in [0.2, 0.25) is 0 Å². The molecule has 1 heterocycles. The normalized spacial score (nSPS) is 14.8. The van der Waals surface area contributed by atoms with E-state index >= 15 is 0 Å². The molecular weight excluding hydrogens is 246 g/mol. The van der Waals surface area contributed by atoms with Crippen LogP contribution in [-0.4, -0.2) is 45.8 Å². The van der Waals surface area contributed by atoms with E-state index in [-0.39, 0.29) is 6.04 Å². The molecule has 0 unspecified atom stereocenters. The zero-order chi connectivity index (χ0) is 12.1. The monoisotopic (exact) mass is 263 g/mol. The molecule has 5 nitrogen and oxygen atoms in total. The largest absolute Gasteiger partial charge is 0.377 e. The number of rotatable bonds is 6. The lowest BCUT2D eigenvalue weighted by molar-refractivity contribution is 0.179. The van der Waals surface area contributed by atoms with Gasteiger partial charge in [-0.3, -0.25) is 4.21 Å². The van der Waals surface area contributed by atoms with Crippen molar-refractivity contribution in [2.24, 2.45) is 0 Å². The van der Waals surface area contributed by atoms with Crippen LogP contribution in [-0.2, 0) is 22.1 Å². The SMILES string of the molecule is COCc1nsc(N(C)[C@H](C)C[S@](C)=O)n1. The van der Waals surface area contributed by atoms with Crippen LogP contribution in [0, 0.1) is 0 Å². The summed E-state index contributed by atoms with van der Waals surface area (Å²) in [4.78, 5) is 6.34. The van der Waals surface area contributed by atoms with Crippen molar-refractivity contribution in [2.75, 3.05) is 31.1 Å². The highest BCUT2D eigenvalue weighted by molar-refractivity contribution is 7.84. The maximum absolute atomic E-state index is 11.1. The molecule has 1 aromatic rings. The molecule has 0 spiro atoms. The Morgan fingerprint density at radius 3 is 2.88 bits per heavy atom. The first-order chi connectivity index (χ1) is 7.54. The van der Waals surface area contributed by atoms with E-state index in [9.17, 15) is 4.21 Å². The fourth-order valence-corrected chi connectivity index (χ4v) is 2.85. The van der Waals surface area contributed by atoms with Crippen molar-refractivity contribution in [2.45, 2.75) is 19.6 Å². The van der Waals surface area contributed by atoms with Crippen molar-refractivity contribution in [3.63, 3.8) is 0 Å². The Kier molecular flexibility index (Phi) is 5.30. The van der Waals surface area contributed by atoms with E-state index in [1.807, 2.05) is 18.9 Å². The third-order valence-electron chi connectivity index (χ3n) is 2.17. The number of anilines is 1. The van der Waals surface area contributed by atoms with Crippen molar-refractivity contribution in [3.8, 4) is 0 Å². The number of nitrogens with zero attached hydrogens (tertiary/aromatic N) is 3. The van der Waals surface area contributed by atoms with Crippen LogP contribution in [0.4, 0.5) is 5.13 Å². The van der Waals surface area contributed by atoms with Gasteiger partial charge in [0, 0.05) is 54.5 Å². The zero-order valence-corrected chi connectivity index (χ0v) is 11.6.